The molecule has 126 valence electrons. The van der Waals surface area contributed by atoms with Gasteiger partial charge >= 0.3 is 0 Å². The van der Waals surface area contributed by atoms with E-state index in [9.17, 15) is 4.79 Å². The van der Waals surface area contributed by atoms with Crippen LogP contribution in [0.2, 0.25) is 0 Å². The van der Waals surface area contributed by atoms with E-state index in [0.717, 1.165) is 30.0 Å². The third-order valence-electron chi connectivity index (χ3n) is 4.04. The molecular weight excluding hydrogens is 322 g/mol. The summed E-state index contributed by atoms with van der Waals surface area (Å²) in [5, 5.41) is 0. The fourth-order valence-electron chi connectivity index (χ4n) is 2.85. The van der Waals surface area contributed by atoms with E-state index in [4.69, 9.17) is 9.47 Å². The van der Waals surface area contributed by atoms with E-state index >= 15 is 0 Å². The Labute approximate surface area is 146 Å². The lowest BCUT2D eigenvalue weighted by atomic mass is 10.1. The Hall–Kier alpha value is -2.14. The molecule has 3 rings (SSSR count). The lowest BCUT2D eigenvalue weighted by molar-refractivity contribution is -0.118. The van der Waals surface area contributed by atoms with Gasteiger partial charge in [-0.05, 0) is 42.0 Å². The Morgan fingerprint density at radius 2 is 1.92 bits per heavy atom. The molecule has 0 saturated heterocycles. The van der Waals surface area contributed by atoms with Gasteiger partial charge in [0.1, 0.15) is 0 Å². The lowest BCUT2D eigenvalue weighted by Crippen LogP contribution is -2.33. The highest BCUT2D eigenvalue weighted by molar-refractivity contribution is 7.99. The lowest BCUT2D eigenvalue weighted by Gasteiger charge is -2.22. The molecule has 1 heterocycles. The first-order chi connectivity index (χ1) is 11.7. The number of hydrogen-bond donors (Lipinski definition) is 0. The van der Waals surface area contributed by atoms with Crippen molar-refractivity contribution >= 4 is 23.4 Å². The third-order valence-corrected chi connectivity index (χ3v) is 5.19. The average Bonchev–Trinajstić information content (AvgIpc) is 2.84. The Bertz CT molecular complexity index is 732. The smallest absolute Gasteiger partial charge is 0.231 e. The van der Waals surface area contributed by atoms with E-state index < -0.39 is 0 Å². The number of carbonyl (C=O) groups is 1. The quantitative estimate of drug-likeness (QED) is 0.847. The van der Waals surface area contributed by atoms with Crippen LogP contribution in [-0.4, -0.2) is 32.4 Å². The maximum atomic E-state index is 12.9. The van der Waals surface area contributed by atoms with Crippen LogP contribution >= 0.6 is 11.8 Å². The molecule has 0 atom stereocenters. The second kappa shape index (κ2) is 7.62. The Balaban J connectivity index is 1.82. The average molecular weight is 343 g/mol. The summed E-state index contributed by atoms with van der Waals surface area (Å²) in [6.45, 7) is 0.760. The van der Waals surface area contributed by atoms with Crippen molar-refractivity contribution in [2.24, 2.45) is 0 Å². The highest BCUT2D eigenvalue weighted by Crippen LogP contribution is 2.34. The van der Waals surface area contributed by atoms with E-state index in [-0.39, 0.29) is 5.91 Å². The maximum Gasteiger partial charge on any atom is 0.231 e. The van der Waals surface area contributed by atoms with Crippen molar-refractivity contribution in [1.29, 1.82) is 0 Å². The highest BCUT2D eigenvalue weighted by atomic mass is 32.2. The molecule has 1 aliphatic heterocycles. The minimum Gasteiger partial charge on any atom is -0.493 e. The standard InChI is InChI=1S/C19H21NO3S/c1-22-16-9-8-14(12-17(16)23-2)13-19(21)20-10-5-11-24-18-7-4-3-6-15(18)20/h3-4,6-9,12H,5,10-11,13H2,1-2H3. The summed E-state index contributed by atoms with van der Waals surface area (Å²) in [4.78, 5) is 16.0. The molecule has 2 aromatic carbocycles. The van der Waals surface area contributed by atoms with E-state index in [1.54, 1.807) is 14.2 Å². The number of amides is 1. The molecule has 5 heteroatoms. The minimum absolute atomic E-state index is 0.108. The number of nitrogens with zero attached hydrogens (tertiary/aromatic N) is 1. The van der Waals surface area contributed by atoms with Crippen LogP contribution in [0.25, 0.3) is 0 Å². The van der Waals surface area contributed by atoms with Crippen molar-refractivity contribution in [3.63, 3.8) is 0 Å². The number of thioether (sulfide) groups is 1. The van der Waals surface area contributed by atoms with Crippen molar-refractivity contribution in [2.45, 2.75) is 17.7 Å². The largest absolute Gasteiger partial charge is 0.493 e. The van der Waals surface area contributed by atoms with Gasteiger partial charge < -0.3 is 14.4 Å². The van der Waals surface area contributed by atoms with Gasteiger partial charge in [0.25, 0.3) is 0 Å². The van der Waals surface area contributed by atoms with Crippen molar-refractivity contribution in [3.05, 3.63) is 48.0 Å². The fraction of sp³-hybridized carbons (Fsp3) is 0.316. The summed E-state index contributed by atoms with van der Waals surface area (Å²) in [5.74, 6) is 2.47. The number of carbonyl (C=O) groups excluding carboxylic acids is 1. The van der Waals surface area contributed by atoms with Crippen LogP contribution in [0.4, 0.5) is 5.69 Å². The second-order valence-corrected chi connectivity index (χ2v) is 6.72. The first-order valence-corrected chi connectivity index (χ1v) is 8.94. The highest BCUT2D eigenvalue weighted by Gasteiger charge is 2.21. The Morgan fingerprint density at radius 1 is 1.12 bits per heavy atom. The monoisotopic (exact) mass is 343 g/mol. The number of para-hydroxylation sites is 1. The van der Waals surface area contributed by atoms with Gasteiger partial charge in [0, 0.05) is 11.4 Å². The molecule has 0 fully saturated rings. The molecule has 0 saturated carbocycles. The first-order valence-electron chi connectivity index (χ1n) is 7.96. The molecule has 1 aliphatic rings. The molecule has 0 spiro atoms. The zero-order valence-corrected chi connectivity index (χ0v) is 14.8. The van der Waals surface area contributed by atoms with Gasteiger partial charge in [-0.25, -0.2) is 0 Å². The van der Waals surface area contributed by atoms with Crippen LogP contribution < -0.4 is 14.4 Å². The number of benzene rings is 2. The topological polar surface area (TPSA) is 38.8 Å². The third kappa shape index (κ3) is 3.51. The molecular formula is C19H21NO3S. The number of ether oxygens (including phenoxy) is 2. The number of methoxy groups -OCH3 is 2. The van der Waals surface area contributed by atoms with Gasteiger partial charge in [-0.3, -0.25) is 4.79 Å². The zero-order chi connectivity index (χ0) is 16.9. The normalized spacial score (nSPS) is 13.8. The fourth-order valence-corrected chi connectivity index (χ4v) is 3.84. The van der Waals surface area contributed by atoms with Crippen molar-refractivity contribution in [3.8, 4) is 11.5 Å². The number of anilines is 1. The molecule has 0 aliphatic carbocycles. The molecule has 0 aromatic heterocycles. The van der Waals surface area contributed by atoms with Crippen LogP contribution in [0.1, 0.15) is 12.0 Å². The SMILES string of the molecule is COc1ccc(CC(=O)N2CCCSc3ccccc32)cc1OC. The number of hydrogen-bond acceptors (Lipinski definition) is 4. The Kier molecular flexibility index (Phi) is 5.30. The zero-order valence-electron chi connectivity index (χ0n) is 14.0. The molecule has 0 unspecified atom stereocenters. The molecule has 2 aromatic rings. The van der Waals surface area contributed by atoms with Crippen LogP contribution in [0, 0.1) is 0 Å². The van der Waals surface area contributed by atoms with E-state index in [0.29, 0.717) is 17.9 Å². The van der Waals surface area contributed by atoms with E-state index in [1.807, 2.05) is 53.1 Å². The molecule has 24 heavy (non-hydrogen) atoms. The predicted octanol–water partition coefficient (Wildman–Crippen LogP) is 3.78. The van der Waals surface area contributed by atoms with Crippen LogP contribution in [-0.2, 0) is 11.2 Å². The summed E-state index contributed by atoms with van der Waals surface area (Å²) in [6.07, 6.45) is 1.34. The predicted molar refractivity (Wildman–Crippen MR) is 97.4 cm³/mol. The molecule has 4 nitrogen and oxygen atoms in total. The molecule has 0 radical (unpaired) electrons. The van der Waals surface area contributed by atoms with Crippen LogP contribution in [0.5, 0.6) is 11.5 Å². The van der Waals surface area contributed by atoms with Gasteiger partial charge in [0.05, 0.1) is 26.3 Å². The second-order valence-electron chi connectivity index (χ2n) is 5.58. The minimum atomic E-state index is 0.108. The molecule has 0 N–H and O–H groups in total. The van der Waals surface area contributed by atoms with Gasteiger partial charge in [-0.15, -0.1) is 11.8 Å². The Morgan fingerprint density at radius 3 is 2.71 bits per heavy atom. The van der Waals surface area contributed by atoms with Gasteiger partial charge in [-0.2, -0.15) is 0 Å². The molecule has 0 bridgehead atoms. The van der Waals surface area contributed by atoms with E-state index in [2.05, 4.69) is 6.07 Å². The van der Waals surface area contributed by atoms with Crippen LogP contribution in [0.15, 0.2) is 47.4 Å². The van der Waals surface area contributed by atoms with Crippen LogP contribution in [0.3, 0.4) is 0 Å². The maximum absolute atomic E-state index is 12.9. The van der Waals surface area contributed by atoms with Gasteiger partial charge in [-0.1, -0.05) is 18.2 Å². The summed E-state index contributed by atoms with van der Waals surface area (Å²) in [7, 11) is 3.21. The van der Waals surface area contributed by atoms with Gasteiger partial charge in [0.15, 0.2) is 11.5 Å². The summed E-state index contributed by atoms with van der Waals surface area (Å²) in [6, 6.07) is 13.7. The first kappa shape index (κ1) is 16.7. The van der Waals surface area contributed by atoms with E-state index in [1.165, 1.54) is 4.90 Å². The van der Waals surface area contributed by atoms with Crippen molar-refractivity contribution < 1.29 is 14.3 Å². The number of fused-ring (bicyclic) bond motifs is 1. The number of rotatable bonds is 4. The van der Waals surface area contributed by atoms with Crippen molar-refractivity contribution in [1.82, 2.24) is 0 Å². The summed E-state index contributed by atoms with van der Waals surface area (Å²) in [5.41, 5.74) is 1.94. The van der Waals surface area contributed by atoms with Gasteiger partial charge in [0.2, 0.25) is 5.91 Å². The molecule has 1 amide bonds. The summed E-state index contributed by atoms with van der Waals surface area (Å²) < 4.78 is 10.6. The summed E-state index contributed by atoms with van der Waals surface area (Å²) >= 11 is 1.82. The van der Waals surface area contributed by atoms with Crippen molar-refractivity contribution in [2.75, 3.05) is 31.4 Å².